The Balaban J connectivity index is 1.67. The summed E-state index contributed by atoms with van der Waals surface area (Å²) in [6, 6.07) is 20.0. The number of nitrogens with zero attached hydrogens (tertiary/aromatic N) is 3. The molecule has 0 aliphatic carbocycles. The van der Waals surface area contributed by atoms with Gasteiger partial charge in [-0.3, -0.25) is 9.78 Å². The summed E-state index contributed by atoms with van der Waals surface area (Å²) in [7, 11) is 1.60. The first-order valence-corrected chi connectivity index (χ1v) is 13.9. The van der Waals surface area contributed by atoms with E-state index in [9.17, 15) is 4.79 Å². The second kappa shape index (κ2) is 11.1. The number of carbonyl (C=O) groups is 1. The molecular formula is C32H35N5O2S. The van der Waals surface area contributed by atoms with Crippen molar-refractivity contribution >= 4 is 34.6 Å². The summed E-state index contributed by atoms with van der Waals surface area (Å²) < 4.78 is 8.03. The maximum absolute atomic E-state index is 12.1. The third-order valence-corrected chi connectivity index (χ3v) is 7.92. The first-order chi connectivity index (χ1) is 19.2. The van der Waals surface area contributed by atoms with Crippen LogP contribution in [0, 0.1) is 27.7 Å². The Morgan fingerprint density at radius 2 is 1.80 bits per heavy atom. The highest BCUT2D eigenvalue weighted by Crippen LogP contribution is 2.45. The molecule has 1 aliphatic rings. The third kappa shape index (κ3) is 4.84. The number of thiocarbonyl (C=S) groups is 1. The molecule has 2 aromatic heterocycles. The molecule has 2 aromatic carbocycles. The summed E-state index contributed by atoms with van der Waals surface area (Å²) in [6.45, 7) is 10.5. The summed E-state index contributed by atoms with van der Waals surface area (Å²) in [5.74, 6) is 0.500. The Labute approximate surface area is 241 Å². The molecule has 0 spiro atoms. The highest BCUT2D eigenvalue weighted by Gasteiger charge is 2.42. The molecule has 7 nitrogen and oxygen atoms in total. The van der Waals surface area contributed by atoms with E-state index in [4.69, 9.17) is 21.9 Å². The minimum atomic E-state index is -0.175. The number of nitrogens with one attached hydrogen (secondary N) is 2. The van der Waals surface area contributed by atoms with Gasteiger partial charge in [0.05, 0.1) is 36.3 Å². The van der Waals surface area contributed by atoms with Gasteiger partial charge in [-0.2, -0.15) is 0 Å². The minimum Gasteiger partial charge on any atom is -0.494 e. The maximum Gasteiger partial charge on any atom is 0.224 e. The van der Waals surface area contributed by atoms with Crippen LogP contribution in [0.5, 0.6) is 5.75 Å². The lowest BCUT2D eigenvalue weighted by atomic mass is 9.96. The van der Waals surface area contributed by atoms with E-state index in [0.717, 1.165) is 28.3 Å². The van der Waals surface area contributed by atoms with Crippen molar-refractivity contribution in [3.63, 3.8) is 0 Å². The lowest BCUT2D eigenvalue weighted by Gasteiger charge is -2.29. The highest BCUT2D eigenvalue weighted by molar-refractivity contribution is 7.80. The average Bonchev–Trinajstić information content (AvgIpc) is 3.44. The van der Waals surface area contributed by atoms with Crippen LogP contribution in [0.3, 0.4) is 0 Å². The van der Waals surface area contributed by atoms with Crippen molar-refractivity contribution in [2.24, 2.45) is 0 Å². The Kier molecular flexibility index (Phi) is 7.63. The van der Waals surface area contributed by atoms with Gasteiger partial charge in [0.1, 0.15) is 5.75 Å². The number of anilines is 2. The fraction of sp³-hybridized carbons (Fsp3) is 0.281. The standard InChI is InChI=1S/C32H35N5O2S/c1-7-28(38)34-25-15-14-23(18-27(25)39-6)37-31(29(35-32(37)40)26-13-8-9-16-33-26)24-17-21(4)36(22(24)5)30-19(2)11-10-12-20(30)3/h8-18,29,31H,7H2,1-6H3,(H,34,38)(H,35,40)/t29-,31+/m1/s1. The quantitative estimate of drug-likeness (QED) is 0.250. The normalized spacial score (nSPS) is 16.6. The topological polar surface area (TPSA) is 71.4 Å². The molecule has 1 aliphatic heterocycles. The molecule has 1 fully saturated rings. The van der Waals surface area contributed by atoms with Gasteiger partial charge in [-0.05, 0) is 86.9 Å². The van der Waals surface area contributed by atoms with Crippen LogP contribution in [0.25, 0.3) is 5.69 Å². The van der Waals surface area contributed by atoms with Gasteiger partial charge in [0, 0.05) is 35.8 Å². The molecule has 2 N–H and O–H groups in total. The molecule has 8 heteroatoms. The number of carbonyl (C=O) groups excluding carboxylic acids is 1. The summed E-state index contributed by atoms with van der Waals surface area (Å²) >= 11 is 5.97. The Morgan fingerprint density at radius 1 is 1.05 bits per heavy atom. The van der Waals surface area contributed by atoms with E-state index in [1.807, 2.05) is 49.5 Å². The molecule has 1 amide bonds. The zero-order valence-electron chi connectivity index (χ0n) is 23.8. The summed E-state index contributed by atoms with van der Waals surface area (Å²) in [4.78, 5) is 18.9. The monoisotopic (exact) mass is 553 g/mol. The van der Waals surface area contributed by atoms with E-state index in [2.05, 4.69) is 72.1 Å². The van der Waals surface area contributed by atoms with Gasteiger partial charge in [0.25, 0.3) is 0 Å². The Bertz CT molecular complexity index is 1560. The zero-order valence-corrected chi connectivity index (χ0v) is 24.6. The summed E-state index contributed by atoms with van der Waals surface area (Å²) in [5.41, 5.74) is 9.51. The fourth-order valence-corrected chi connectivity index (χ4v) is 6.06. The molecule has 0 unspecified atom stereocenters. The van der Waals surface area contributed by atoms with Gasteiger partial charge in [0.2, 0.25) is 5.91 Å². The lowest BCUT2D eigenvalue weighted by Crippen LogP contribution is -2.29. The number of pyridine rings is 1. The first-order valence-electron chi connectivity index (χ1n) is 13.5. The highest BCUT2D eigenvalue weighted by atomic mass is 32.1. The van der Waals surface area contributed by atoms with Crippen molar-refractivity contribution in [2.75, 3.05) is 17.3 Å². The number of para-hydroxylation sites is 1. The Hall–Kier alpha value is -4.17. The fourth-order valence-electron chi connectivity index (χ4n) is 5.71. The van der Waals surface area contributed by atoms with Gasteiger partial charge in [-0.15, -0.1) is 0 Å². The van der Waals surface area contributed by atoms with Crippen molar-refractivity contribution in [3.8, 4) is 11.4 Å². The predicted octanol–water partition coefficient (Wildman–Crippen LogP) is 6.64. The molecular weight excluding hydrogens is 518 g/mol. The number of aryl methyl sites for hydroxylation is 3. The van der Waals surface area contributed by atoms with E-state index in [1.165, 1.54) is 16.8 Å². The maximum atomic E-state index is 12.1. The first kappa shape index (κ1) is 27.4. The summed E-state index contributed by atoms with van der Waals surface area (Å²) in [6.07, 6.45) is 2.20. The average molecular weight is 554 g/mol. The van der Waals surface area contributed by atoms with Crippen LogP contribution in [0.1, 0.15) is 59.2 Å². The molecule has 2 atom stereocenters. The van der Waals surface area contributed by atoms with Crippen LogP contribution in [0.4, 0.5) is 11.4 Å². The molecule has 206 valence electrons. The van der Waals surface area contributed by atoms with Crippen molar-refractivity contribution in [1.82, 2.24) is 14.9 Å². The van der Waals surface area contributed by atoms with Crippen molar-refractivity contribution in [3.05, 3.63) is 101 Å². The number of rotatable bonds is 7. The van der Waals surface area contributed by atoms with E-state index in [1.54, 1.807) is 7.11 Å². The van der Waals surface area contributed by atoms with Crippen molar-refractivity contribution in [2.45, 2.75) is 53.1 Å². The number of ether oxygens (including phenoxy) is 1. The van der Waals surface area contributed by atoms with E-state index < -0.39 is 0 Å². The Morgan fingerprint density at radius 3 is 2.45 bits per heavy atom. The smallest absolute Gasteiger partial charge is 0.224 e. The molecule has 40 heavy (non-hydrogen) atoms. The molecule has 0 radical (unpaired) electrons. The van der Waals surface area contributed by atoms with Gasteiger partial charge >= 0.3 is 0 Å². The molecule has 0 bridgehead atoms. The number of hydrogen-bond donors (Lipinski definition) is 2. The van der Waals surface area contributed by atoms with E-state index in [0.29, 0.717) is 23.0 Å². The molecule has 1 saturated heterocycles. The molecule has 4 aromatic rings. The lowest BCUT2D eigenvalue weighted by molar-refractivity contribution is -0.115. The van der Waals surface area contributed by atoms with E-state index in [-0.39, 0.29) is 18.0 Å². The summed E-state index contributed by atoms with van der Waals surface area (Å²) in [5, 5.41) is 7.08. The number of amides is 1. The number of benzene rings is 2. The second-order valence-corrected chi connectivity index (χ2v) is 10.6. The molecule has 3 heterocycles. The number of methoxy groups -OCH3 is 1. The third-order valence-electron chi connectivity index (χ3n) is 7.61. The van der Waals surface area contributed by atoms with Gasteiger partial charge in [-0.25, -0.2) is 0 Å². The van der Waals surface area contributed by atoms with Crippen LogP contribution in [-0.2, 0) is 4.79 Å². The minimum absolute atomic E-state index is 0.0727. The van der Waals surface area contributed by atoms with Gasteiger partial charge in [-0.1, -0.05) is 31.2 Å². The largest absolute Gasteiger partial charge is 0.494 e. The zero-order chi connectivity index (χ0) is 28.6. The van der Waals surface area contributed by atoms with Crippen LogP contribution < -0.4 is 20.3 Å². The van der Waals surface area contributed by atoms with Crippen LogP contribution >= 0.6 is 12.2 Å². The van der Waals surface area contributed by atoms with Crippen LogP contribution in [-0.4, -0.2) is 27.7 Å². The predicted molar refractivity (Wildman–Crippen MR) is 165 cm³/mol. The van der Waals surface area contributed by atoms with Crippen molar-refractivity contribution in [1.29, 1.82) is 0 Å². The molecule has 5 rings (SSSR count). The number of aromatic nitrogens is 2. The number of hydrogen-bond acceptors (Lipinski definition) is 4. The van der Waals surface area contributed by atoms with Gasteiger partial charge < -0.3 is 24.8 Å². The van der Waals surface area contributed by atoms with Crippen molar-refractivity contribution < 1.29 is 9.53 Å². The van der Waals surface area contributed by atoms with Crippen LogP contribution in [0.15, 0.2) is 66.9 Å². The van der Waals surface area contributed by atoms with Crippen LogP contribution in [0.2, 0.25) is 0 Å². The SMILES string of the molecule is CCC(=O)Nc1ccc(N2C(=S)N[C@H](c3ccccn3)[C@@H]2c2cc(C)n(-c3c(C)cccc3C)c2C)cc1OC. The molecule has 0 saturated carbocycles. The van der Waals surface area contributed by atoms with Gasteiger partial charge in [0.15, 0.2) is 5.11 Å². The van der Waals surface area contributed by atoms with E-state index >= 15 is 0 Å². The second-order valence-electron chi connectivity index (χ2n) is 10.2.